The number of rotatable bonds is 8. The summed E-state index contributed by atoms with van der Waals surface area (Å²) < 4.78 is 10.7. The second-order valence-electron chi connectivity index (χ2n) is 5.44. The number of hydrogen-bond donors (Lipinski definition) is 1. The first-order chi connectivity index (χ1) is 12.9. The van der Waals surface area contributed by atoms with Crippen LogP contribution in [-0.4, -0.2) is 24.5 Å². The minimum atomic E-state index is -0.471. The number of non-ortho nitro benzene ring substituents is 1. The van der Waals surface area contributed by atoms with Crippen LogP contribution in [0, 0.1) is 10.1 Å². The Morgan fingerprint density at radius 3 is 2.59 bits per heavy atom. The van der Waals surface area contributed by atoms with E-state index in [1.807, 2.05) is 6.92 Å². The van der Waals surface area contributed by atoms with E-state index >= 15 is 0 Å². The van der Waals surface area contributed by atoms with Gasteiger partial charge in [0, 0.05) is 24.8 Å². The predicted molar refractivity (Wildman–Crippen MR) is 103 cm³/mol. The van der Waals surface area contributed by atoms with E-state index in [-0.39, 0.29) is 18.1 Å². The Morgan fingerprint density at radius 2 is 2.00 bits per heavy atom. The molecule has 0 aliphatic carbocycles. The van der Waals surface area contributed by atoms with Crippen LogP contribution in [0.5, 0.6) is 11.5 Å². The third kappa shape index (κ3) is 5.72. The molecule has 2 rings (SSSR count). The van der Waals surface area contributed by atoms with Crippen LogP contribution in [0.15, 0.2) is 42.5 Å². The van der Waals surface area contributed by atoms with Gasteiger partial charge in [-0.2, -0.15) is 0 Å². The lowest BCUT2D eigenvalue weighted by molar-refractivity contribution is -0.384. The van der Waals surface area contributed by atoms with Crippen molar-refractivity contribution in [1.29, 1.82) is 0 Å². The summed E-state index contributed by atoms with van der Waals surface area (Å²) in [6.07, 6.45) is 2.98. The van der Waals surface area contributed by atoms with Gasteiger partial charge in [-0.25, -0.2) is 0 Å². The topological polar surface area (TPSA) is 90.7 Å². The average Bonchev–Trinajstić information content (AvgIpc) is 2.66. The number of benzene rings is 2. The van der Waals surface area contributed by atoms with Crippen molar-refractivity contribution in [3.63, 3.8) is 0 Å². The molecule has 2 aromatic rings. The van der Waals surface area contributed by atoms with Gasteiger partial charge in [-0.3, -0.25) is 14.9 Å². The van der Waals surface area contributed by atoms with Crippen molar-refractivity contribution in [1.82, 2.24) is 5.32 Å². The molecule has 27 heavy (non-hydrogen) atoms. The summed E-state index contributed by atoms with van der Waals surface area (Å²) in [6.45, 7) is 2.56. The third-order valence-electron chi connectivity index (χ3n) is 3.58. The van der Waals surface area contributed by atoms with Crippen molar-refractivity contribution in [2.75, 3.05) is 13.7 Å². The fourth-order valence-electron chi connectivity index (χ4n) is 2.28. The van der Waals surface area contributed by atoms with Crippen molar-refractivity contribution < 1.29 is 19.2 Å². The summed E-state index contributed by atoms with van der Waals surface area (Å²) in [5.41, 5.74) is 1.45. The lowest BCUT2D eigenvalue weighted by Crippen LogP contribution is -2.20. The SMILES string of the molecule is CCOc1c(Cl)cc(C=CC(=O)NCc2ccc([N+](=O)[O-])cc2)cc1OC. The largest absolute Gasteiger partial charge is 0.493 e. The lowest BCUT2D eigenvalue weighted by atomic mass is 10.1. The van der Waals surface area contributed by atoms with Gasteiger partial charge in [-0.15, -0.1) is 0 Å². The fourth-order valence-corrected chi connectivity index (χ4v) is 2.55. The first-order valence-electron chi connectivity index (χ1n) is 8.14. The number of ether oxygens (including phenoxy) is 2. The van der Waals surface area contributed by atoms with E-state index in [2.05, 4.69) is 5.32 Å². The van der Waals surface area contributed by atoms with Crippen LogP contribution in [0.4, 0.5) is 5.69 Å². The third-order valence-corrected chi connectivity index (χ3v) is 3.86. The number of nitrogens with zero attached hydrogens (tertiary/aromatic N) is 1. The Balaban J connectivity index is 1.99. The van der Waals surface area contributed by atoms with Crippen molar-refractivity contribution in [3.8, 4) is 11.5 Å². The number of halogens is 1. The number of carbonyl (C=O) groups is 1. The molecular weight excluding hydrogens is 372 g/mol. The van der Waals surface area contributed by atoms with E-state index in [4.69, 9.17) is 21.1 Å². The van der Waals surface area contributed by atoms with Gasteiger partial charge in [0.2, 0.25) is 5.91 Å². The molecule has 0 heterocycles. The first kappa shape index (κ1) is 20.3. The molecule has 0 aliphatic heterocycles. The van der Waals surface area contributed by atoms with Crippen LogP contribution in [0.25, 0.3) is 6.08 Å². The molecule has 0 aromatic heterocycles. The van der Waals surface area contributed by atoms with Crippen LogP contribution in [0.1, 0.15) is 18.1 Å². The summed E-state index contributed by atoms with van der Waals surface area (Å²) in [4.78, 5) is 22.1. The monoisotopic (exact) mass is 390 g/mol. The highest BCUT2D eigenvalue weighted by molar-refractivity contribution is 6.32. The molecule has 8 heteroatoms. The lowest BCUT2D eigenvalue weighted by Gasteiger charge is -2.11. The minimum Gasteiger partial charge on any atom is -0.493 e. The van der Waals surface area contributed by atoms with Crippen molar-refractivity contribution in [2.45, 2.75) is 13.5 Å². The maximum atomic E-state index is 12.0. The van der Waals surface area contributed by atoms with Gasteiger partial charge in [-0.05, 0) is 36.3 Å². The highest BCUT2D eigenvalue weighted by Gasteiger charge is 2.11. The minimum absolute atomic E-state index is 0.00583. The van der Waals surface area contributed by atoms with Crippen LogP contribution >= 0.6 is 11.6 Å². The smallest absolute Gasteiger partial charge is 0.269 e. The van der Waals surface area contributed by atoms with Crippen molar-refractivity contribution in [3.05, 3.63) is 68.7 Å². The number of nitro groups is 1. The van der Waals surface area contributed by atoms with Gasteiger partial charge >= 0.3 is 0 Å². The summed E-state index contributed by atoms with van der Waals surface area (Å²) in [5.74, 6) is 0.633. The zero-order valence-electron chi connectivity index (χ0n) is 14.9. The molecule has 7 nitrogen and oxygen atoms in total. The molecular formula is C19H19ClN2O5. The fraction of sp³-hybridized carbons (Fsp3) is 0.211. The van der Waals surface area contributed by atoms with E-state index in [1.165, 1.54) is 25.3 Å². The standard InChI is InChI=1S/C19H19ClN2O5/c1-3-27-19-16(20)10-14(11-17(19)26-2)6-9-18(23)21-12-13-4-7-15(8-5-13)22(24)25/h4-11H,3,12H2,1-2H3,(H,21,23). The quantitative estimate of drug-likeness (QED) is 0.418. The molecule has 2 aromatic carbocycles. The number of nitrogens with one attached hydrogen (secondary N) is 1. The van der Waals surface area contributed by atoms with E-state index in [9.17, 15) is 14.9 Å². The second kappa shape index (κ2) is 9.59. The van der Waals surface area contributed by atoms with E-state index in [0.29, 0.717) is 28.7 Å². The normalized spacial score (nSPS) is 10.6. The Kier molecular flexibility index (Phi) is 7.19. The maximum Gasteiger partial charge on any atom is 0.269 e. The molecule has 0 aliphatic rings. The average molecular weight is 391 g/mol. The van der Waals surface area contributed by atoms with Gasteiger partial charge in [0.05, 0.1) is 23.7 Å². The van der Waals surface area contributed by atoms with Crippen LogP contribution in [-0.2, 0) is 11.3 Å². The molecule has 0 atom stereocenters. The Labute approximate surface area is 161 Å². The molecule has 0 saturated heterocycles. The van der Waals surface area contributed by atoms with Crippen LogP contribution in [0.2, 0.25) is 5.02 Å². The zero-order chi connectivity index (χ0) is 19.8. The molecule has 0 saturated carbocycles. The Bertz CT molecular complexity index is 850. The molecule has 0 radical (unpaired) electrons. The van der Waals surface area contributed by atoms with Gasteiger partial charge in [0.1, 0.15) is 0 Å². The summed E-state index contributed by atoms with van der Waals surface area (Å²) in [5, 5.41) is 13.7. The number of nitro benzene ring substituents is 1. The molecule has 0 unspecified atom stereocenters. The van der Waals surface area contributed by atoms with E-state index in [0.717, 1.165) is 5.56 Å². The summed E-state index contributed by atoms with van der Waals surface area (Å²) in [6, 6.07) is 9.38. The van der Waals surface area contributed by atoms with Gasteiger partial charge in [0.15, 0.2) is 11.5 Å². The van der Waals surface area contributed by atoms with Crippen molar-refractivity contribution >= 4 is 29.3 Å². The summed E-state index contributed by atoms with van der Waals surface area (Å²) in [7, 11) is 1.51. The number of hydrogen-bond acceptors (Lipinski definition) is 5. The summed E-state index contributed by atoms with van der Waals surface area (Å²) >= 11 is 6.20. The first-order valence-corrected chi connectivity index (χ1v) is 8.52. The van der Waals surface area contributed by atoms with E-state index < -0.39 is 4.92 Å². The Morgan fingerprint density at radius 1 is 1.30 bits per heavy atom. The molecule has 1 N–H and O–H groups in total. The van der Waals surface area contributed by atoms with Gasteiger partial charge < -0.3 is 14.8 Å². The molecule has 1 amide bonds. The number of methoxy groups -OCH3 is 1. The molecule has 142 valence electrons. The number of amides is 1. The van der Waals surface area contributed by atoms with Crippen molar-refractivity contribution in [2.24, 2.45) is 0 Å². The predicted octanol–water partition coefficient (Wildman–Crippen LogP) is 3.99. The maximum absolute atomic E-state index is 12.0. The Hall–Kier alpha value is -3.06. The molecule has 0 fully saturated rings. The van der Waals surface area contributed by atoms with E-state index in [1.54, 1.807) is 30.3 Å². The number of carbonyl (C=O) groups excluding carboxylic acids is 1. The highest BCUT2D eigenvalue weighted by Crippen LogP contribution is 2.36. The highest BCUT2D eigenvalue weighted by atomic mass is 35.5. The van der Waals surface area contributed by atoms with Gasteiger partial charge in [0.25, 0.3) is 5.69 Å². The van der Waals surface area contributed by atoms with Crippen LogP contribution < -0.4 is 14.8 Å². The molecule has 0 bridgehead atoms. The van der Waals surface area contributed by atoms with Gasteiger partial charge in [-0.1, -0.05) is 23.7 Å². The molecule has 0 spiro atoms. The zero-order valence-corrected chi connectivity index (χ0v) is 15.7. The van der Waals surface area contributed by atoms with Crippen LogP contribution in [0.3, 0.4) is 0 Å². The second-order valence-corrected chi connectivity index (χ2v) is 5.85.